The van der Waals surface area contributed by atoms with Gasteiger partial charge in [0.15, 0.2) is 5.65 Å². The molecular weight excluding hydrogens is 360 g/mol. The summed E-state index contributed by atoms with van der Waals surface area (Å²) in [6, 6.07) is 20.3. The number of aryl methyl sites for hydroxylation is 2. The van der Waals surface area contributed by atoms with Crippen molar-refractivity contribution in [3.63, 3.8) is 0 Å². The van der Waals surface area contributed by atoms with Gasteiger partial charge in [0.05, 0.1) is 24.7 Å². The van der Waals surface area contributed by atoms with Crippen LogP contribution >= 0.6 is 0 Å². The fraction of sp³-hybridized carbons (Fsp3) is 0.250. The molecule has 2 heterocycles. The highest BCUT2D eigenvalue weighted by Gasteiger charge is 2.19. The number of benzene rings is 2. The predicted octanol–water partition coefficient (Wildman–Crippen LogP) is 3.76. The normalized spacial score (nSPS) is 12.4. The van der Waals surface area contributed by atoms with Crippen LogP contribution in [0.2, 0.25) is 0 Å². The minimum absolute atomic E-state index is 0.0509. The SMILES string of the molecule is Cc1ccc(CC(CO)n2c(=N)n(Cc3ccc(C)cc3)c3cccnc32)cc1. The number of fused-ring (bicyclic) bond motifs is 1. The maximum Gasteiger partial charge on any atom is 0.204 e. The molecule has 0 bridgehead atoms. The maximum atomic E-state index is 10.2. The topological polar surface area (TPSA) is 66.8 Å². The van der Waals surface area contributed by atoms with Crippen molar-refractivity contribution in [2.75, 3.05) is 6.61 Å². The van der Waals surface area contributed by atoms with Crippen LogP contribution in [0.25, 0.3) is 11.2 Å². The molecule has 4 rings (SSSR count). The summed E-state index contributed by atoms with van der Waals surface area (Å²) in [5.74, 6) is 0. The molecule has 1 unspecified atom stereocenters. The van der Waals surface area contributed by atoms with Crippen LogP contribution < -0.4 is 5.62 Å². The minimum atomic E-state index is -0.248. The lowest BCUT2D eigenvalue weighted by atomic mass is 10.0. The Morgan fingerprint density at radius 3 is 2.17 bits per heavy atom. The third-order valence-electron chi connectivity index (χ3n) is 5.40. The fourth-order valence-electron chi connectivity index (χ4n) is 3.74. The van der Waals surface area contributed by atoms with Crippen molar-refractivity contribution in [3.8, 4) is 0 Å². The molecule has 4 aromatic rings. The summed E-state index contributed by atoms with van der Waals surface area (Å²) < 4.78 is 3.83. The smallest absolute Gasteiger partial charge is 0.204 e. The monoisotopic (exact) mass is 386 g/mol. The van der Waals surface area contributed by atoms with Gasteiger partial charge >= 0.3 is 0 Å². The highest BCUT2D eigenvalue weighted by Crippen LogP contribution is 2.20. The van der Waals surface area contributed by atoms with Crippen LogP contribution in [0, 0.1) is 19.3 Å². The number of imidazole rings is 1. The van der Waals surface area contributed by atoms with E-state index in [0.29, 0.717) is 18.6 Å². The van der Waals surface area contributed by atoms with Gasteiger partial charge in [-0.05, 0) is 43.5 Å². The second-order valence-electron chi connectivity index (χ2n) is 7.64. The number of aromatic nitrogens is 3. The summed E-state index contributed by atoms with van der Waals surface area (Å²) in [5, 5.41) is 19.0. The van der Waals surface area contributed by atoms with Gasteiger partial charge in [0, 0.05) is 6.20 Å². The van der Waals surface area contributed by atoms with Crippen LogP contribution in [0.3, 0.4) is 0 Å². The molecule has 29 heavy (non-hydrogen) atoms. The van der Waals surface area contributed by atoms with Crippen LogP contribution in [-0.4, -0.2) is 25.8 Å². The first-order valence-corrected chi connectivity index (χ1v) is 9.89. The van der Waals surface area contributed by atoms with E-state index in [2.05, 4.69) is 67.4 Å². The van der Waals surface area contributed by atoms with Crippen molar-refractivity contribution in [3.05, 3.63) is 94.7 Å². The molecule has 2 aromatic carbocycles. The second kappa shape index (κ2) is 8.05. The van der Waals surface area contributed by atoms with Crippen LogP contribution in [0.4, 0.5) is 0 Å². The van der Waals surface area contributed by atoms with Crippen LogP contribution in [0.5, 0.6) is 0 Å². The number of nitrogens with zero attached hydrogens (tertiary/aromatic N) is 3. The quantitative estimate of drug-likeness (QED) is 0.530. The average molecular weight is 386 g/mol. The fourth-order valence-corrected chi connectivity index (χ4v) is 3.74. The minimum Gasteiger partial charge on any atom is -0.394 e. The number of pyridine rings is 1. The molecule has 0 fully saturated rings. The Bertz CT molecular complexity index is 1170. The Morgan fingerprint density at radius 1 is 0.931 bits per heavy atom. The largest absolute Gasteiger partial charge is 0.394 e. The summed E-state index contributed by atoms with van der Waals surface area (Å²) in [5.41, 5.74) is 6.68. The van der Waals surface area contributed by atoms with Gasteiger partial charge in [-0.15, -0.1) is 0 Å². The van der Waals surface area contributed by atoms with Gasteiger partial charge in [-0.3, -0.25) is 9.98 Å². The highest BCUT2D eigenvalue weighted by molar-refractivity contribution is 5.71. The van der Waals surface area contributed by atoms with Gasteiger partial charge < -0.3 is 9.67 Å². The van der Waals surface area contributed by atoms with Crippen LogP contribution in [0.1, 0.15) is 28.3 Å². The molecule has 0 saturated heterocycles. The van der Waals surface area contributed by atoms with E-state index in [4.69, 9.17) is 5.41 Å². The van der Waals surface area contributed by atoms with Crippen molar-refractivity contribution in [2.45, 2.75) is 32.9 Å². The van der Waals surface area contributed by atoms with Crippen molar-refractivity contribution in [2.24, 2.45) is 0 Å². The van der Waals surface area contributed by atoms with E-state index >= 15 is 0 Å². The molecular formula is C24H26N4O. The van der Waals surface area contributed by atoms with Gasteiger partial charge in [0.25, 0.3) is 0 Å². The number of nitrogens with one attached hydrogen (secondary N) is 1. The number of aliphatic hydroxyl groups excluding tert-OH is 1. The summed E-state index contributed by atoms with van der Waals surface area (Å²) in [6.45, 7) is 4.67. The standard InChI is InChI=1S/C24H26N4O/c1-17-5-9-19(10-6-17)14-21(16-29)28-23-22(4-3-13-26-23)27(24(28)25)15-20-11-7-18(2)8-12-20/h3-13,21,25,29H,14-16H2,1-2H3. The number of rotatable bonds is 6. The molecule has 0 aliphatic rings. The molecule has 0 radical (unpaired) electrons. The zero-order chi connectivity index (χ0) is 20.4. The Hall–Kier alpha value is -3.18. The van der Waals surface area contributed by atoms with E-state index in [0.717, 1.165) is 22.3 Å². The molecule has 0 aliphatic carbocycles. The Kier molecular flexibility index (Phi) is 5.32. The van der Waals surface area contributed by atoms with Crippen molar-refractivity contribution in [1.29, 1.82) is 5.41 Å². The molecule has 1 atom stereocenters. The first-order chi connectivity index (χ1) is 14.1. The van der Waals surface area contributed by atoms with Gasteiger partial charge in [-0.25, -0.2) is 4.98 Å². The van der Waals surface area contributed by atoms with Gasteiger partial charge in [0.2, 0.25) is 5.62 Å². The van der Waals surface area contributed by atoms with Gasteiger partial charge in [0.1, 0.15) is 0 Å². The molecule has 5 nitrogen and oxygen atoms in total. The Labute approximate surface area is 170 Å². The van der Waals surface area contributed by atoms with E-state index < -0.39 is 0 Å². The van der Waals surface area contributed by atoms with Crippen molar-refractivity contribution < 1.29 is 5.11 Å². The molecule has 148 valence electrons. The molecule has 0 aliphatic heterocycles. The average Bonchev–Trinajstić information content (AvgIpc) is 3.01. The number of hydrogen-bond donors (Lipinski definition) is 2. The first kappa shape index (κ1) is 19.2. The van der Waals surface area contributed by atoms with Gasteiger partial charge in [-0.2, -0.15) is 0 Å². The zero-order valence-corrected chi connectivity index (χ0v) is 16.8. The third kappa shape index (κ3) is 3.87. The van der Waals surface area contributed by atoms with E-state index in [1.165, 1.54) is 11.1 Å². The van der Waals surface area contributed by atoms with Crippen LogP contribution in [0.15, 0.2) is 66.9 Å². The van der Waals surface area contributed by atoms with E-state index in [1.54, 1.807) is 6.20 Å². The van der Waals surface area contributed by atoms with E-state index in [9.17, 15) is 5.11 Å². The lowest BCUT2D eigenvalue weighted by Gasteiger charge is -2.17. The molecule has 0 spiro atoms. The summed E-state index contributed by atoms with van der Waals surface area (Å²) in [4.78, 5) is 4.55. The Balaban J connectivity index is 1.77. The molecule has 0 amide bonds. The highest BCUT2D eigenvalue weighted by atomic mass is 16.3. The molecule has 2 N–H and O–H groups in total. The first-order valence-electron chi connectivity index (χ1n) is 9.89. The summed E-state index contributed by atoms with van der Waals surface area (Å²) in [6.07, 6.45) is 2.39. The zero-order valence-electron chi connectivity index (χ0n) is 16.8. The molecule has 5 heteroatoms. The molecule has 2 aromatic heterocycles. The predicted molar refractivity (Wildman–Crippen MR) is 115 cm³/mol. The number of hydrogen-bond acceptors (Lipinski definition) is 3. The maximum absolute atomic E-state index is 10.2. The summed E-state index contributed by atoms with van der Waals surface area (Å²) >= 11 is 0. The van der Waals surface area contributed by atoms with Crippen molar-refractivity contribution in [1.82, 2.24) is 14.1 Å². The molecule has 0 saturated carbocycles. The Morgan fingerprint density at radius 2 is 1.55 bits per heavy atom. The summed E-state index contributed by atoms with van der Waals surface area (Å²) in [7, 11) is 0. The van der Waals surface area contributed by atoms with Crippen molar-refractivity contribution >= 4 is 11.2 Å². The van der Waals surface area contributed by atoms with Crippen LogP contribution in [-0.2, 0) is 13.0 Å². The third-order valence-corrected chi connectivity index (χ3v) is 5.40. The second-order valence-corrected chi connectivity index (χ2v) is 7.64. The van der Waals surface area contributed by atoms with E-state index in [1.807, 2.05) is 21.3 Å². The lowest BCUT2D eigenvalue weighted by molar-refractivity contribution is 0.225. The van der Waals surface area contributed by atoms with Gasteiger partial charge in [-0.1, -0.05) is 59.7 Å². The number of aliphatic hydroxyl groups is 1. The lowest BCUT2D eigenvalue weighted by Crippen LogP contribution is -2.31. The van der Waals surface area contributed by atoms with E-state index in [-0.39, 0.29) is 12.6 Å².